The van der Waals surface area contributed by atoms with Crippen molar-refractivity contribution in [3.63, 3.8) is 0 Å². The van der Waals surface area contributed by atoms with Gasteiger partial charge in [0.05, 0.1) is 0 Å². The lowest BCUT2D eigenvalue weighted by molar-refractivity contribution is 0.00907. The minimum Gasteiger partial charge on any atom is -0.396 e. The molecule has 0 radical (unpaired) electrons. The van der Waals surface area contributed by atoms with Crippen molar-refractivity contribution in [2.45, 2.75) is 45.6 Å². The summed E-state index contributed by atoms with van der Waals surface area (Å²) in [6, 6.07) is 6.68. The molecule has 0 aromatic heterocycles. The summed E-state index contributed by atoms with van der Waals surface area (Å²) < 4.78 is 13.0. The largest absolute Gasteiger partial charge is 0.396 e. The molecule has 3 heteroatoms. The van der Waals surface area contributed by atoms with Gasteiger partial charge in [0.15, 0.2) is 0 Å². The van der Waals surface area contributed by atoms with E-state index in [-0.39, 0.29) is 23.4 Å². The highest BCUT2D eigenvalue weighted by Gasteiger charge is 2.36. The Morgan fingerprint density at radius 2 is 1.70 bits per heavy atom. The maximum Gasteiger partial charge on any atom is 0.123 e. The van der Waals surface area contributed by atoms with Gasteiger partial charge in [-0.15, -0.1) is 0 Å². The third kappa shape index (κ3) is 3.58. The fourth-order valence-corrected chi connectivity index (χ4v) is 3.08. The Bertz CT molecular complexity index is 427. The minimum absolute atomic E-state index is 0.0421. The van der Waals surface area contributed by atoms with Gasteiger partial charge in [-0.25, -0.2) is 4.39 Å². The van der Waals surface area contributed by atoms with Crippen molar-refractivity contribution in [1.29, 1.82) is 0 Å². The zero-order valence-electron chi connectivity index (χ0n) is 12.8. The van der Waals surface area contributed by atoms with Crippen molar-refractivity contribution in [3.8, 4) is 0 Å². The predicted octanol–water partition coefficient (Wildman–Crippen LogP) is 3.24. The number of aliphatic hydroxyl groups is 1. The number of hydrogen-bond acceptors (Lipinski definition) is 2. The van der Waals surface area contributed by atoms with Crippen molar-refractivity contribution in [2.24, 2.45) is 5.41 Å². The van der Waals surface area contributed by atoms with E-state index in [1.54, 1.807) is 0 Å². The topological polar surface area (TPSA) is 23.5 Å². The summed E-state index contributed by atoms with van der Waals surface area (Å²) in [7, 11) is 0. The average molecular weight is 279 g/mol. The van der Waals surface area contributed by atoms with Crippen LogP contribution in [0.1, 0.15) is 39.2 Å². The van der Waals surface area contributed by atoms with Crippen molar-refractivity contribution in [3.05, 3.63) is 35.6 Å². The van der Waals surface area contributed by atoms with E-state index in [0.29, 0.717) is 0 Å². The second kappa shape index (κ2) is 5.82. The number of likely N-dealkylation sites (tertiary alicyclic amines) is 1. The summed E-state index contributed by atoms with van der Waals surface area (Å²) >= 11 is 0. The van der Waals surface area contributed by atoms with Gasteiger partial charge < -0.3 is 5.11 Å². The van der Waals surface area contributed by atoms with E-state index >= 15 is 0 Å². The van der Waals surface area contributed by atoms with Gasteiger partial charge in [-0.05, 0) is 76.2 Å². The molecule has 0 aliphatic carbocycles. The molecule has 112 valence electrons. The van der Waals surface area contributed by atoms with Crippen molar-refractivity contribution in [1.82, 2.24) is 4.90 Å². The molecule has 0 amide bonds. The Kier molecular flexibility index (Phi) is 4.50. The van der Waals surface area contributed by atoms with Crippen molar-refractivity contribution < 1.29 is 9.50 Å². The fraction of sp³-hybridized carbons (Fsp3) is 0.647. The van der Waals surface area contributed by atoms with Crippen LogP contribution in [0.15, 0.2) is 24.3 Å². The number of rotatable bonds is 3. The van der Waals surface area contributed by atoms with Gasteiger partial charge in [-0.2, -0.15) is 0 Å². The molecule has 1 saturated heterocycles. The maximum absolute atomic E-state index is 13.0. The molecule has 1 N–H and O–H groups in total. The number of piperidine rings is 1. The molecule has 0 atom stereocenters. The molecule has 1 heterocycles. The second-order valence-electron chi connectivity index (χ2n) is 7.12. The van der Waals surface area contributed by atoms with E-state index in [1.165, 1.54) is 12.1 Å². The first-order valence-electron chi connectivity index (χ1n) is 7.45. The standard InChI is InChI=1S/C17H26FNO/c1-16(2,3)19-10-8-17(13-20,9-11-19)12-14-4-6-15(18)7-5-14/h4-7,20H,8-13H2,1-3H3. The van der Waals surface area contributed by atoms with Crippen LogP contribution in [0.3, 0.4) is 0 Å². The molecule has 0 bridgehead atoms. The Morgan fingerprint density at radius 1 is 1.15 bits per heavy atom. The summed E-state index contributed by atoms with van der Waals surface area (Å²) in [5.41, 5.74) is 1.27. The van der Waals surface area contributed by atoms with E-state index < -0.39 is 0 Å². The molecule has 2 nitrogen and oxygen atoms in total. The summed E-state index contributed by atoms with van der Waals surface area (Å²) in [6.45, 7) is 8.95. The molecule has 0 spiro atoms. The molecule has 1 aromatic rings. The molecule has 1 aliphatic heterocycles. The Labute approximate surface area is 121 Å². The Morgan fingerprint density at radius 3 is 2.15 bits per heavy atom. The molecule has 1 aliphatic rings. The molecule has 1 fully saturated rings. The smallest absolute Gasteiger partial charge is 0.123 e. The van der Waals surface area contributed by atoms with Crippen LogP contribution >= 0.6 is 0 Å². The predicted molar refractivity (Wildman–Crippen MR) is 80.2 cm³/mol. The molecule has 20 heavy (non-hydrogen) atoms. The third-order valence-corrected chi connectivity index (χ3v) is 4.60. The van der Waals surface area contributed by atoms with Gasteiger partial charge in [-0.3, -0.25) is 4.90 Å². The summed E-state index contributed by atoms with van der Waals surface area (Å²) in [5.74, 6) is -0.200. The van der Waals surface area contributed by atoms with Gasteiger partial charge in [0.2, 0.25) is 0 Å². The molecule has 2 rings (SSSR count). The van der Waals surface area contributed by atoms with Crippen LogP contribution in [-0.2, 0) is 6.42 Å². The van der Waals surface area contributed by atoms with Gasteiger partial charge in [0, 0.05) is 12.1 Å². The first-order chi connectivity index (χ1) is 9.35. The van der Waals surface area contributed by atoms with Crippen molar-refractivity contribution in [2.75, 3.05) is 19.7 Å². The average Bonchev–Trinajstić information content (AvgIpc) is 2.41. The first kappa shape index (κ1) is 15.5. The fourth-order valence-electron chi connectivity index (χ4n) is 3.08. The molecular weight excluding hydrogens is 253 g/mol. The molecule has 0 saturated carbocycles. The zero-order valence-corrected chi connectivity index (χ0v) is 12.8. The van der Waals surface area contributed by atoms with E-state index in [0.717, 1.165) is 37.9 Å². The molecule has 1 aromatic carbocycles. The molecule has 0 unspecified atom stereocenters. The van der Waals surface area contributed by atoms with E-state index in [4.69, 9.17) is 0 Å². The van der Waals surface area contributed by atoms with Crippen LogP contribution in [0.5, 0.6) is 0 Å². The van der Waals surface area contributed by atoms with E-state index in [2.05, 4.69) is 25.7 Å². The lowest BCUT2D eigenvalue weighted by Gasteiger charge is -2.46. The van der Waals surface area contributed by atoms with E-state index in [9.17, 15) is 9.50 Å². The highest BCUT2D eigenvalue weighted by Crippen LogP contribution is 2.36. The van der Waals surface area contributed by atoms with Crippen molar-refractivity contribution >= 4 is 0 Å². The highest BCUT2D eigenvalue weighted by molar-refractivity contribution is 5.18. The van der Waals surface area contributed by atoms with Crippen LogP contribution in [-0.4, -0.2) is 35.2 Å². The normalized spacial score (nSPS) is 20.1. The molecular formula is C17H26FNO. The van der Waals surface area contributed by atoms with Gasteiger partial charge in [0.25, 0.3) is 0 Å². The summed E-state index contributed by atoms with van der Waals surface area (Å²) in [4.78, 5) is 2.48. The van der Waals surface area contributed by atoms with Crippen LogP contribution in [0, 0.1) is 11.2 Å². The van der Waals surface area contributed by atoms with Gasteiger partial charge in [0.1, 0.15) is 5.82 Å². The van der Waals surface area contributed by atoms with Gasteiger partial charge in [-0.1, -0.05) is 12.1 Å². The SMILES string of the molecule is CC(C)(C)N1CCC(CO)(Cc2ccc(F)cc2)CC1. The third-order valence-electron chi connectivity index (χ3n) is 4.60. The van der Waals surface area contributed by atoms with Crippen LogP contribution < -0.4 is 0 Å². The van der Waals surface area contributed by atoms with Crippen LogP contribution in [0.25, 0.3) is 0 Å². The number of nitrogens with zero attached hydrogens (tertiary/aromatic N) is 1. The highest BCUT2D eigenvalue weighted by atomic mass is 19.1. The van der Waals surface area contributed by atoms with Crippen LogP contribution in [0.4, 0.5) is 4.39 Å². The Balaban J connectivity index is 2.03. The quantitative estimate of drug-likeness (QED) is 0.918. The lowest BCUT2D eigenvalue weighted by atomic mass is 9.74. The number of hydrogen-bond donors (Lipinski definition) is 1. The van der Waals surface area contributed by atoms with Gasteiger partial charge >= 0.3 is 0 Å². The number of aliphatic hydroxyl groups excluding tert-OH is 1. The Hall–Kier alpha value is -0.930. The maximum atomic E-state index is 13.0. The first-order valence-corrected chi connectivity index (χ1v) is 7.45. The zero-order chi connectivity index (χ0) is 14.8. The summed E-state index contributed by atoms with van der Waals surface area (Å²) in [6.07, 6.45) is 2.83. The second-order valence-corrected chi connectivity index (χ2v) is 7.12. The number of benzene rings is 1. The van der Waals surface area contributed by atoms with E-state index in [1.807, 2.05) is 12.1 Å². The monoisotopic (exact) mass is 279 g/mol. The number of halogens is 1. The minimum atomic E-state index is -0.200. The summed E-state index contributed by atoms with van der Waals surface area (Å²) in [5, 5.41) is 9.85. The van der Waals surface area contributed by atoms with Crippen LogP contribution in [0.2, 0.25) is 0 Å². The lowest BCUT2D eigenvalue weighted by Crippen LogP contribution is -2.50.